The van der Waals surface area contributed by atoms with Crippen LogP contribution >= 0.6 is 0 Å². The number of nitrogens with zero attached hydrogens (tertiary/aromatic N) is 2. The Morgan fingerprint density at radius 1 is 0.762 bits per heavy atom. The molecule has 0 amide bonds. The van der Waals surface area contributed by atoms with Gasteiger partial charge >= 0.3 is 0 Å². The van der Waals surface area contributed by atoms with Crippen molar-refractivity contribution in [1.29, 1.82) is 0 Å². The van der Waals surface area contributed by atoms with Crippen LogP contribution in [0.1, 0.15) is 17.4 Å². The lowest BCUT2D eigenvalue weighted by Gasteiger charge is -2.15. The van der Waals surface area contributed by atoms with Crippen LogP contribution in [0.4, 0.5) is 0 Å². The molecule has 3 aromatic rings. The average molecular weight is 275 g/mol. The smallest absolute Gasteiger partial charge is 0.149 e. The molecule has 0 saturated heterocycles. The first-order chi connectivity index (χ1) is 10.4. The van der Waals surface area contributed by atoms with E-state index in [1.165, 1.54) is 11.1 Å². The minimum Gasteiger partial charge on any atom is -0.307 e. The fraction of sp³-hybridized carbons (Fsp3) is 0.111. The lowest BCUT2D eigenvalue weighted by molar-refractivity contribution is 0.646. The van der Waals surface area contributed by atoms with Crippen LogP contribution < -0.4 is 5.32 Å². The predicted octanol–water partition coefficient (Wildman–Crippen LogP) is 3.45. The fourth-order valence-corrected chi connectivity index (χ4v) is 2.40. The van der Waals surface area contributed by atoms with Crippen LogP contribution in [0.2, 0.25) is 0 Å². The van der Waals surface area contributed by atoms with Crippen LogP contribution in [0, 0.1) is 0 Å². The van der Waals surface area contributed by atoms with Gasteiger partial charge < -0.3 is 5.32 Å². The van der Waals surface area contributed by atoms with Crippen LogP contribution in [0.5, 0.6) is 0 Å². The second-order valence-electron chi connectivity index (χ2n) is 4.82. The zero-order valence-corrected chi connectivity index (χ0v) is 11.9. The lowest BCUT2D eigenvalue weighted by atomic mass is 10.0. The molecule has 21 heavy (non-hydrogen) atoms. The van der Waals surface area contributed by atoms with Gasteiger partial charge in [0.05, 0.1) is 6.04 Å². The maximum absolute atomic E-state index is 4.33. The maximum atomic E-state index is 4.33. The van der Waals surface area contributed by atoms with E-state index in [-0.39, 0.29) is 6.04 Å². The molecule has 0 bridgehead atoms. The van der Waals surface area contributed by atoms with Gasteiger partial charge in [-0.25, -0.2) is 9.97 Å². The summed E-state index contributed by atoms with van der Waals surface area (Å²) in [6.45, 7) is 0. The van der Waals surface area contributed by atoms with Crippen molar-refractivity contribution in [2.45, 2.75) is 6.04 Å². The van der Waals surface area contributed by atoms with Crippen molar-refractivity contribution >= 4 is 0 Å². The molecule has 0 aliphatic carbocycles. The molecule has 0 saturated carbocycles. The largest absolute Gasteiger partial charge is 0.307 e. The minimum atomic E-state index is 0.0102. The molecule has 3 nitrogen and oxygen atoms in total. The zero-order valence-electron chi connectivity index (χ0n) is 11.9. The van der Waals surface area contributed by atoms with Crippen LogP contribution in [-0.2, 0) is 0 Å². The van der Waals surface area contributed by atoms with E-state index in [2.05, 4.69) is 63.8 Å². The zero-order chi connectivity index (χ0) is 14.5. The Kier molecular flexibility index (Phi) is 4.03. The Bertz CT molecular complexity index is 679. The summed E-state index contributed by atoms with van der Waals surface area (Å²) < 4.78 is 0. The molecule has 2 aromatic carbocycles. The lowest BCUT2D eigenvalue weighted by Crippen LogP contribution is -2.19. The van der Waals surface area contributed by atoms with Gasteiger partial charge in [0.15, 0.2) is 0 Å². The molecule has 0 aliphatic heterocycles. The second-order valence-corrected chi connectivity index (χ2v) is 4.82. The van der Waals surface area contributed by atoms with Crippen molar-refractivity contribution in [2.24, 2.45) is 0 Å². The van der Waals surface area contributed by atoms with E-state index in [4.69, 9.17) is 0 Å². The van der Waals surface area contributed by atoms with Crippen LogP contribution in [0.15, 0.2) is 73.1 Å². The van der Waals surface area contributed by atoms with Gasteiger partial charge in [0, 0.05) is 12.4 Å². The number of hydrogen-bond donors (Lipinski definition) is 1. The molecule has 0 fully saturated rings. The third kappa shape index (κ3) is 2.98. The quantitative estimate of drug-likeness (QED) is 0.792. The number of nitrogens with one attached hydrogen (secondary N) is 1. The van der Waals surface area contributed by atoms with E-state index >= 15 is 0 Å². The summed E-state index contributed by atoms with van der Waals surface area (Å²) in [5.74, 6) is 0.785. The van der Waals surface area contributed by atoms with Crippen molar-refractivity contribution < 1.29 is 0 Å². The van der Waals surface area contributed by atoms with Crippen LogP contribution in [-0.4, -0.2) is 17.0 Å². The number of aromatic nitrogens is 2. The van der Waals surface area contributed by atoms with E-state index in [1.807, 2.05) is 19.2 Å². The molecular formula is C18H17N3. The van der Waals surface area contributed by atoms with Crippen molar-refractivity contribution in [3.8, 4) is 11.1 Å². The molecule has 0 aliphatic rings. The summed E-state index contributed by atoms with van der Waals surface area (Å²) >= 11 is 0. The first-order valence-electron chi connectivity index (χ1n) is 6.98. The van der Waals surface area contributed by atoms with E-state index < -0.39 is 0 Å². The van der Waals surface area contributed by atoms with Gasteiger partial charge in [-0.05, 0) is 29.8 Å². The summed E-state index contributed by atoms with van der Waals surface area (Å²) in [4.78, 5) is 8.67. The molecule has 1 N–H and O–H groups in total. The molecule has 3 rings (SSSR count). The third-order valence-electron chi connectivity index (χ3n) is 3.48. The summed E-state index contributed by atoms with van der Waals surface area (Å²) in [5, 5.41) is 3.27. The van der Waals surface area contributed by atoms with Gasteiger partial charge in [-0.15, -0.1) is 0 Å². The summed E-state index contributed by atoms with van der Waals surface area (Å²) in [5.41, 5.74) is 3.59. The van der Waals surface area contributed by atoms with Gasteiger partial charge in [0.2, 0.25) is 0 Å². The highest BCUT2D eigenvalue weighted by Crippen LogP contribution is 2.23. The number of hydrogen-bond acceptors (Lipinski definition) is 3. The molecule has 1 atom stereocenters. The molecule has 0 radical (unpaired) electrons. The molecule has 1 heterocycles. The van der Waals surface area contributed by atoms with Crippen LogP contribution in [0.3, 0.4) is 0 Å². The molecule has 0 spiro atoms. The Labute approximate surface area is 124 Å². The summed E-state index contributed by atoms with van der Waals surface area (Å²) in [6.07, 6.45) is 3.54. The molecule has 1 aromatic heterocycles. The topological polar surface area (TPSA) is 37.8 Å². The highest BCUT2D eigenvalue weighted by atomic mass is 15.0. The monoisotopic (exact) mass is 275 g/mol. The van der Waals surface area contributed by atoms with Crippen molar-refractivity contribution in [3.05, 3.63) is 84.4 Å². The standard InChI is InChI=1S/C18H17N3/c1-19-17(18-20-12-5-13-21-18)16-10-8-15(9-11-16)14-6-3-2-4-7-14/h2-13,17,19H,1H3. The van der Waals surface area contributed by atoms with Crippen molar-refractivity contribution in [1.82, 2.24) is 15.3 Å². The fourth-order valence-electron chi connectivity index (χ4n) is 2.40. The Morgan fingerprint density at radius 2 is 1.38 bits per heavy atom. The number of rotatable bonds is 4. The van der Waals surface area contributed by atoms with E-state index in [9.17, 15) is 0 Å². The van der Waals surface area contributed by atoms with E-state index in [0.717, 1.165) is 11.4 Å². The first kappa shape index (κ1) is 13.5. The van der Waals surface area contributed by atoms with Crippen molar-refractivity contribution in [2.75, 3.05) is 7.05 Å². The molecular weight excluding hydrogens is 258 g/mol. The van der Waals surface area contributed by atoms with Gasteiger partial charge in [0.1, 0.15) is 5.82 Å². The normalized spacial score (nSPS) is 12.0. The van der Waals surface area contributed by atoms with Gasteiger partial charge in [-0.1, -0.05) is 54.6 Å². The Balaban J connectivity index is 1.90. The summed E-state index contributed by atoms with van der Waals surface area (Å²) in [6, 6.07) is 20.7. The highest BCUT2D eigenvalue weighted by molar-refractivity contribution is 5.63. The van der Waals surface area contributed by atoms with Gasteiger partial charge in [0.25, 0.3) is 0 Å². The predicted molar refractivity (Wildman–Crippen MR) is 84.8 cm³/mol. The average Bonchev–Trinajstić information content (AvgIpc) is 2.58. The van der Waals surface area contributed by atoms with Crippen LogP contribution in [0.25, 0.3) is 11.1 Å². The second kappa shape index (κ2) is 6.29. The molecule has 3 heteroatoms. The minimum absolute atomic E-state index is 0.0102. The molecule has 104 valence electrons. The Morgan fingerprint density at radius 3 is 2.00 bits per heavy atom. The van der Waals surface area contributed by atoms with Gasteiger partial charge in [-0.3, -0.25) is 0 Å². The summed E-state index contributed by atoms with van der Waals surface area (Å²) in [7, 11) is 1.92. The highest BCUT2D eigenvalue weighted by Gasteiger charge is 2.14. The first-order valence-corrected chi connectivity index (χ1v) is 6.98. The third-order valence-corrected chi connectivity index (χ3v) is 3.48. The van der Waals surface area contributed by atoms with Crippen molar-refractivity contribution in [3.63, 3.8) is 0 Å². The van der Waals surface area contributed by atoms with Gasteiger partial charge in [-0.2, -0.15) is 0 Å². The SMILES string of the molecule is CNC(c1ccc(-c2ccccc2)cc1)c1ncccn1. The Hall–Kier alpha value is -2.52. The van der Waals surface area contributed by atoms with E-state index in [0.29, 0.717) is 0 Å². The number of benzene rings is 2. The van der Waals surface area contributed by atoms with E-state index in [1.54, 1.807) is 12.4 Å². The maximum Gasteiger partial charge on any atom is 0.149 e. The molecule has 1 unspecified atom stereocenters.